The Morgan fingerprint density at radius 1 is 1.38 bits per heavy atom. The van der Waals surface area contributed by atoms with Crippen LogP contribution in [0.25, 0.3) is 0 Å². The third-order valence-corrected chi connectivity index (χ3v) is 3.40. The molecular formula is C11H17N3O2. The Morgan fingerprint density at radius 2 is 2.12 bits per heavy atom. The van der Waals surface area contributed by atoms with Crippen LogP contribution in [0, 0.1) is 5.92 Å². The largest absolute Gasteiger partial charge is 0.392 e. The van der Waals surface area contributed by atoms with Crippen LogP contribution in [-0.2, 0) is 6.42 Å². The lowest BCUT2D eigenvalue weighted by Crippen LogP contribution is -2.19. The second-order valence-corrected chi connectivity index (χ2v) is 4.79. The molecule has 88 valence electrons. The van der Waals surface area contributed by atoms with Crippen LogP contribution in [0.4, 0.5) is 5.95 Å². The van der Waals surface area contributed by atoms with E-state index in [2.05, 4.69) is 15.0 Å². The average molecular weight is 223 g/mol. The van der Waals surface area contributed by atoms with Gasteiger partial charge in [0.1, 0.15) is 0 Å². The summed E-state index contributed by atoms with van der Waals surface area (Å²) in [6.45, 7) is 2.04. The van der Waals surface area contributed by atoms with E-state index in [0.717, 1.165) is 25.9 Å². The summed E-state index contributed by atoms with van der Waals surface area (Å²) in [5.41, 5.74) is 0. The van der Waals surface area contributed by atoms with Gasteiger partial charge in [0, 0.05) is 13.1 Å². The SMILES string of the molecule is OC(Cc1nc(N2CCCC2)no1)C1CC1. The van der Waals surface area contributed by atoms with E-state index in [9.17, 15) is 5.11 Å². The molecule has 1 atom stereocenters. The van der Waals surface area contributed by atoms with Crippen molar-refractivity contribution in [1.29, 1.82) is 0 Å². The number of anilines is 1. The number of hydrogen-bond donors (Lipinski definition) is 1. The molecular weight excluding hydrogens is 206 g/mol. The van der Waals surface area contributed by atoms with Gasteiger partial charge in [0.15, 0.2) is 0 Å². The molecule has 5 heteroatoms. The lowest BCUT2D eigenvalue weighted by molar-refractivity contribution is 0.140. The number of aliphatic hydroxyl groups is 1. The Labute approximate surface area is 94.4 Å². The van der Waals surface area contributed by atoms with Gasteiger partial charge in [-0.05, 0) is 36.8 Å². The van der Waals surface area contributed by atoms with Crippen molar-refractivity contribution in [3.8, 4) is 0 Å². The zero-order chi connectivity index (χ0) is 11.0. The molecule has 0 spiro atoms. The van der Waals surface area contributed by atoms with E-state index in [1.54, 1.807) is 0 Å². The number of rotatable bonds is 4. The number of aromatic nitrogens is 2. The van der Waals surface area contributed by atoms with Crippen LogP contribution in [0.5, 0.6) is 0 Å². The molecule has 1 aliphatic heterocycles. The van der Waals surface area contributed by atoms with Crippen molar-refractivity contribution in [2.24, 2.45) is 5.92 Å². The van der Waals surface area contributed by atoms with Gasteiger partial charge in [0.25, 0.3) is 5.95 Å². The van der Waals surface area contributed by atoms with E-state index >= 15 is 0 Å². The number of nitrogens with zero attached hydrogens (tertiary/aromatic N) is 3. The topological polar surface area (TPSA) is 62.4 Å². The van der Waals surface area contributed by atoms with Crippen molar-refractivity contribution >= 4 is 5.95 Å². The predicted octanol–water partition coefficient (Wildman–Crippen LogP) is 0.983. The first-order chi connectivity index (χ1) is 7.83. The molecule has 1 N–H and O–H groups in total. The standard InChI is InChI=1S/C11H17N3O2/c15-9(8-3-4-8)7-10-12-11(13-16-10)14-5-1-2-6-14/h8-9,15H,1-7H2. The van der Waals surface area contributed by atoms with Crippen molar-refractivity contribution in [2.45, 2.75) is 38.2 Å². The zero-order valence-corrected chi connectivity index (χ0v) is 9.30. The highest BCUT2D eigenvalue weighted by molar-refractivity contribution is 5.28. The van der Waals surface area contributed by atoms with Crippen LogP contribution in [0.15, 0.2) is 4.52 Å². The summed E-state index contributed by atoms with van der Waals surface area (Å²) in [4.78, 5) is 6.47. The quantitative estimate of drug-likeness (QED) is 0.824. The van der Waals surface area contributed by atoms with Crippen LogP contribution in [0.1, 0.15) is 31.6 Å². The summed E-state index contributed by atoms with van der Waals surface area (Å²) >= 11 is 0. The highest BCUT2D eigenvalue weighted by Gasteiger charge is 2.31. The smallest absolute Gasteiger partial charge is 0.266 e. The molecule has 0 aromatic carbocycles. The Kier molecular flexibility index (Phi) is 2.55. The van der Waals surface area contributed by atoms with Gasteiger partial charge in [0.2, 0.25) is 5.89 Å². The fourth-order valence-corrected chi connectivity index (χ4v) is 2.20. The fourth-order valence-electron chi connectivity index (χ4n) is 2.20. The summed E-state index contributed by atoms with van der Waals surface area (Å²) in [6, 6.07) is 0. The summed E-state index contributed by atoms with van der Waals surface area (Å²) in [6.07, 6.45) is 4.88. The lowest BCUT2D eigenvalue weighted by Gasteiger charge is -2.09. The van der Waals surface area contributed by atoms with E-state index in [4.69, 9.17) is 4.52 Å². The maximum absolute atomic E-state index is 9.78. The van der Waals surface area contributed by atoms with Crippen LogP contribution >= 0.6 is 0 Å². The number of aliphatic hydroxyl groups excluding tert-OH is 1. The minimum absolute atomic E-state index is 0.299. The number of hydrogen-bond acceptors (Lipinski definition) is 5. The van der Waals surface area contributed by atoms with Crippen molar-refractivity contribution in [3.05, 3.63) is 5.89 Å². The minimum atomic E-state index is -0.299. The second kappa shape index (κ2) is 4.05. The maximum Gasteiger partial charge on any atom is 0.266 e. The molecule has 2 fully saturated rings. The minimum Gasteiger partial charge on any atom is -0.392 e. The monoisotopic (exact) mass is 223 g/mol. The van der Waals surface area contributed by atoms with Gasteiger partial charge in [-0.15, -0.1) is 0 Å². The van der Waals surface area contributed by atoms with Gasteiger partial charge < -0.3 is 14.5 Å². The molecule has 2 heterocycles. The summed E-state index contributed by atoms with van der Waals surface area (Å²) in [5, 5.41) is 13.7. The van der Waals surface area contributed by atoms with E-state index in [0.29, 0.717) is 24.2 Å². The molecule has 0 radical (unpaired) electrons. The van der Waals surface area contributed by atoms with Gasteiger partial charge in [-0.25, -0.2) is 0 Å². The summed E-state index contributed by atoms with van der Waals surface area (Å²) in [7, 11) is 0. The lowest BCUT2D eigenvalue weighted by atomic mass is 10.2. The first-order valence-corrected chi connectivity index (χ1v) is 6.08. The fraction of sp³-hybridized carbons (Fsp3) is 0.818. The molecule has 1 saturated carbocycles. The summed E-state index contributed by atoms with van der Waals surface area (Å²) < 4.78 is 5.16. The van der Waals surface area contributed by atoms with Crippen LogP contribution < -0.4 is 4.90 Å². The normalized spacial score (nSPS) is 22.7. The molecule has 2 aliphatic rings. The molecule has 1 unspecified atom stereocenters. The maximum atomic E-state index is 9.78. The van der Waals surface area contributed by atoms with E-state index in [-0.39, 0.29) is 6.10 Å². The molecule has 1 aromatic heterocycles. The Morgan fingerprint density at radius 3 is 2.81 bits per heavy atom. The molecule has 1 aromatic rings. The molecule has 1 aliphatic carbocycles. The van der Waals surface area contributed by atoms with Crippen molar-refractivity contribution in [2.75, 3.05) is 18.0 Å². The molecule has 0 amide bonds. The van der Waals surface area contributed by atoms with Gasteiger partial charge in [-0.3, -0.25) is 0 Å². The van der Waals surface area contributed by atoms with Gasteiger partial charge in [-0.1, -0.05) is 0 Å². The second-order valence-electron chi connectivity index (χ2n) is 4.79. The third kappa shape index (κ3) is 2.04. The van der Waals surface area contributed by atoms with E-state index in [1.165, 1.54) is 12.8 Å². The highest BCUT2D eigenvalue weighted by Crippen LogP contribution is 2.33. The first kappa shape index (κ1) is 10.1. The molecule has 1 saturated heterocycles. The molecule has 16 heavy (non-hydrogen) atoms. The van der Waals surface area contributed by atoms with Gasteiger partial charge >= 0.3 is 0 Å². The van der Waals surface area contributed by atoms with E-state index in [1.807, 2.05) is 0 Å². The zero-order valence-electron chi connectivity index (χ0n) is 9.30. The van der Waals surface area contributed by atoms with Crippen molar-refractivity contribution in [1.82, 2.24) is 10.1 Å². The highest BCUT2D eigenvalue weighted by atomic mass is 16.5. The summed E-state index contributed by atoms with van der Waals surface area (Å²) in [5.74, 6) is 1.72. The van der Waals surface area contributed by atoms with Gasteiger partial charge in [-0.2, -0.15) is 4.98 Å². The van der Waals surface area contributed by atoms with Gasteiger partial charge in [0.05, 0.1) is 12.5 Å². The molecule has 5 nitrogen and oxygen atoms in total. The van der Waals surface area contributed by atoms with E-state index < -0.39 is 0 Å². The Hall–Kier alpha value is -1.10. The van der Waals surface area contributed by atoms with Crippen LogP contribution in [0.2, 0.25) is 0 Å². The van der Waals surface area contributed by atoms with Crippen molar-refractivity contribution < 1.29 is 9.63 Å². The Bertz CT molecular complexity index is 356. The third-order valence-electron chi connectivity index (χ3n) is 3.40. The average Bonchev–Trinajstić information content (AvgIpc) is 2.80. The first-order valence-electron chi connectivity index (χ1n) is 6.08. The van der Waals surface area contributed by atoms with Crippen molar-refractivity contribution in [3.63, 3.8) is 0 Å². The van der Waals surface area contributed by atoms with Crippen LogP contribution in [0.3, 0.4) is 0 Å². The predicted molar refractivity (Wildman–Crippen MR) is 58.2 cm³/mol. The molecule has 3 rings (SSSR count). The van der Waals surface area contributed by atoms with Crippen LogP contribution in [-0.4, -0.2) is 34.4 Å². The Balaban J connectivity index is 1.62. The molecule has 0 bridgehead atoms.